The lowest BCUT2D eigenvalue weighted by Crippen LogP contribution is -2.55. The van der Waals surface area contributed by atoms with E-state index in [4.69, 9.17) is 15.2 Å². The SMILES string of the molecule is COc1ccc(CN2CCNC(=O)C2CC(N)=O)cc1OC. The molecule has 0 radical (unpaired) electrons. The molecule has 1 aliphatic heterocycles. The molecule has 1 atom stereocenters. The van der Waals surface area contributed by atoms with E-state index in [1.807, 2.05) is 23.1 Å². The van der Waals surface area contributed by atoms with Gasteiger partial charge in [-0.2, -0.15) is 0 Å². The Morgan fingerprint density at radius 2 is 2.09 bits per heavy atom. The van der Waals surface area contributed by atoms with E-state index in [2.05, 4.69) is 5.32 Å². The van der Waals surface area contributed by atoms with Crippen LogP contribution in [0.3, 0.4) is 0 Å². The van der Waals surface area contributed by atoms with Crippen LogP contribution in [0.5, 0.6) is 11.5 Å². The molecule has 1 fully saturated rings. The second kappa shape index (κ2) is 7.13. The molecule has 120 valence electrons. The first-order valence-corrected chi connectivity index (χ1v) is 7.06. The van der Waals surface area contributed by atoms with Gasteiger partial charge in [0.2, 0.25) is 11.8 Å². The number of methoxy groups -OCH3 is 2. The third kappa shape index (κ3) is 3.67. The largest absolute Gasteiger partial charge is 0.493 e. The molecule has 1 aromatic carbocycles. The molecule has 7 nitrogen and oxygen atoms in total. The van der Waals surface area contributed by atoms with Crippen LogP contribution in [-0.4, -0.2) is 50.1 Å². The molecule has 1 heterocycles. The molecular weight excluding hydrogens is 286 g/mol. The fraction of sp³-hybridized carbons (Fsp3) is 0.467. The van der Waals surface area contributed by atoms with Crippen molar-refractivity contribution in [2.75, 3.05) is 27.3 Å². The van der Waals surface area contributed by atoms with E-state index >= 15 is 0 Å². The smallest absolute Gasteiger partial charge is 0.237 e. The fourth-order valence-electron chi connectivity index (χ4n) is 2.58. The van der Waals surface area contributed by atoms with Crippen molar-refractivity contribution in [2.45, 2.75) is 19.0 Å². The number of amides is 2. The number of benzene rings is 1. The van der Waals surface area contributed by atoms with Crippen LogP contribution in [0.25, 0.3) is 0 Å². The molecule has 2 amide bonds. The summed E-state index contributed by atoms with van der Waals surface area (Å²) < 4.78 is 10.5. The van der Waals surface area contributed by atoms with E-state index in [-0.39, 0.29) is 12.3 Å². The maximum Gasteiger partial charge on any atom is 0.237 e. The van der Waals surface area contributed by atoms with Crippen molar-refractivity contribution in [1.82, 2.24) is 10.2 Å². The first-order valence-electron chi connectivity index (χ1n) is 7.06. The van der Waals surface area contributed by atoms with Crippen LogP contribution in [0.2, 0.25) is 0 Å². The van der Waals surface area contributed by atoms with Crippen molar-refractivity contribution in [2.24, 2.45) is 5.73 Å². The maximum absolute atomic E-state index is 11.9. The standard InChI is InChI=1S/C15H21N3O4/c1-21-12-4-3-10(7-13(12)22-2)9-18-6-5-17-15(20)11(18)8-14(16)19/h3-4,7,11H,5-6,8-9H2,1-2H3,(H2,16,19)(H,17,20). The van der Waals surface area contributed by atoms with Gasteiger partial charge in [0, 0.05) is 19.6 Å². The summed E-state index contributed by atoms with van der Waals surface area (Å²) in [5, 5.41) is 2.76. The van der Waals surface area contributed by atoms with Gasteiger partial charge in [-0.25, -0.2) is 0 Å². The van der Waals surface area contributed by atoms with Crippen LogP contribution in [0.1, 0.15) is 12.0 Å². The van der Waals surface area contributed by atoms with Gasteiger partial charge < -0.3 is 20.5 Å². The topological polar surface area (TPSA) is 93.9 Å². The Hall–Kier alpha value is -2.28. The Kier molecular flexibility index (Phi) is 5.21. The van der Waals surface area contributed by atoms with Crippen molar-refractivity contribution in [3.63, 3.8) is 0 Å². The minimum absolute atomic E-state index is 0.0130. The lowest BCUT2D eigenvalue weighted by molar-refractivity contribution is -0.133. The number of carbonyl (C=O) groups is 2. The summed E-state index contributed by atoms with van der Waals surface area (Å²) >= 11 is 0. The molecule has 0 aliphatic carbocycles. The van der Waals surface area contributed by atoms with Crippen molar-refractivity contribution in [3.05, 3.63) is 23.8 Å². The Morgan fingerprint density at radius 1 is 1.36 bits per heavy atom. The lowest BCUT2D eigenvalue weighted by atomic mass is 10.1. The van der Waals surface area contributed by atoms with E-state index < -0.39 is 11.9 Å². The molecule has 0 spiro atoms. The maximum atomic E-state index is 11.9. The molecule has 7 heteroatoms. The molecule has 22 heavy (non-hydrogen) atoms. The number of primary amides is 1. The summed E-state index contributed by atoms with van der Waals surface area (Å²) in [6.45, 7) is 1.76. The van der Waals surface area contributed by atoms with Crippen LogP contribution >= 0.6 is 0 Å². The molecule has 1 aliphatic rings. The van der Waals surface area contributed by atoms with Crippen molar-refractivity contribution < 1.29 is 19.1 Å². The van der Waals surface area contributed by atoms with Crippen LogP contribution in [0.15, 0.2) is 18.2 Å². The highest BCUT2D eigenvalue weighted by Crippen LogP contribution is 2.28. The van der Waals surface area contributed by atoms with Gasteiger partial charge in [0.1, 0.15) is 0 Å². The summed E-state index contributed by atoms with van der Waals surface area (Å²) in [5.41, 5.74) is 6.22. The van der Waals surface area contributed by atoms with Crippen molar-refractivity contribution in [1.29, 1.82) is 0 Å². The monoisotopic (exact) mass is 307 g/mol. The molecular formula is C15H21N3O4. The Morgan fingerprint density at radius 3 is 2.73 bits per heavy atom. The van der Waals surface area contributed by atoms with Gasteiger partial charge in [0.15, 0.2) is 11.5 Å². The summed E-state index contributed by atoms with van der Waals surface area (Å²) in [6.07, 6.45) is 0.0130. The van der Waals surface area contributed by atoms with Crippen molar-refractivity contribution in [3.8, 4) is 11.5 Å². The third-order valence-corrected chi connectivity index (χ3v) is 3.67. The van der Waals surface area contributed by atoms with Crippen molar-refractivity contribution >= 4 is 11.8 Å². The predicted molar refractivity (Wildman–Crippen MR) is 80.6 cm³/mol. The number of rotatable bonds is 6. The summed E-state index contributed by atoms with van der Waals surface area (Å²) in [7, 11) is 3.15. The van der Waals surface area contributed by atoms with Gasteiger partial charge in [-0.05, 0) is 17.7 Å². The van der Waals surface area contributed by atoms with E-state index in [9.17, 15) is 9.59 Å². The summed E-state index contributed by atoms with van der Waals surface area (Å²) in [6, 6.07) is 5.07. The van der Waals surface area contributed by atoms with Crippen LogP contribution < -0.4 is 20.5 Å². The number of piperazine rings is 1. The van der Waals surface area contributed by atoms with Crippen LogP contribution in [0, 0.1) is 0 Å². The molecule has 2 rings (SSSR count). The second-order valence-corrected chi connectivity index (χ2v) is 5.14. The summed E-state index contributed by atoms with van der Waals surface area (Å²) in [5.74, 6) is 0.633. The highest BCUT2D eigenvalue weighted by Gasteiger charge is 2.30. The van der Waals surface area contributed by atoms with E-state index in [0.29, 0.717) is 31.1 Å². The van der Waals surface area contributed by atoms with Gasteiger partial charge in [-0.3, -0.25) is 14.5 Å². The highest BCUT2D eigenvalue weighted by atomic mass is 16.5. The van der Waals surface area contributed by atoms with E-state index in [1.165, 1.54) is 0 Å². The summed E-state index contributed by atoms with van der Waals surface area (Å²) in [4.78, 5) is 25.1. The predicted octanol–water partition coefficient (Wildman–Crippen LogP) is -0.120. The number of hydrogen-bond acceptors (Lipinski definition) is 5. The Labute approximate surface area is 129 Å². The fourth-order valence-corrected chi connectivity index (χ4v) is 2.58. The highest BCUT2D eigenvalue weighted by molar-refractivity contribution is 5.88. The lowest BCUT2D eigenvalue weighted by Gasteiger charge is -2.34. The number of hydrogen-bond donors (Lipinski definition) is 2. The number of nitrogens with two attached hydrogens (primary N) is 1. The number of nitrogens with one attached hydrogen (secondary N) is 1. The molecule has 3 N–H and O–H groups in total. The van der Waals surface area contributed by atoms with Gasteiger partial charge in [-0.1, -0.05) is 6.07 Å². The minimum atomic E-state index is -0.528. The van der Waals surface area contributed by atoms with Gasteiger partial charge in [-0.15, -0.1) is 0 Å². The Balaban J connectivity index is 2.16. The molecule has 0 aromatic heterocycles. The van der Waals surface area contributed by atoms with Gasteiger partial charge >= 0.3 is 0 Å². The Bertz CT molecular complexity index is 562. The second-order valence-electron chi connectivity index (χ2n) is 5.14. The van der Waals surface area contributed by atoms with Crippen LogP contribution in [-0.2, 0) is 16.1 Å². The number of ether oxygens (including phenoxy) is 2. The quantitative estimate of drug-likeness (QED) is 0.764. The first-order chi connectivity index (χ1) is 10.5. The van der Waals surface area contributed by atoms with E-state index in [1.54, 1.807) is 14.2 Å². The zero-order valence-corrected chi connectivity index (χ0v) is 12.8. The van der Waals surface area contributed by atoms with Gasteiger partial charge in [0.25, 0.3) is 0 Å². The molecule has 1 saturated heterocycles. The molecule has 0 saturated carbocycles. The normalized spacial score (nSPS) is 18.6. The molecule has 1 unspecified atom stereocenters. The zero-order chi connectivity index (χ0) is 16.1. The average Bonchev–Trinajstić information content (AvgIpc) is 2.50. The molecule has 1 aromatic rings. The zero-order valence-electron chi connectivity index (χ0n) is 12.8. The molecule has 0 bridgehead atoms. The van der Waals surface area contributed by atoms with Gasteiger partial charge in [0.05, 0.1) is 26.7 Å². The first kappa shape index (κ1) is 16.1. The number of carbonyl (C=O) groups excluding carboxylic acids is 2. The third-order valence-electron chi connectivity index (χ3n) is 3.67. The van der Waals surface area contributed by atoms with E-state index in [0.717, 1.165) is 5.56 Å². The number of nitrogens with zero attached hydrogens (tertiary/aromatic N) is 1. The minimum Gasteiger partial charge on any atom is -0.493 e. The van der Waals surface area contributed by atoms with Crippen LogP contribution in [0.4, 0.5) is 0 Å². The average molecular weight is 307 g/mol.